The summed E-state index contributed by atoms with van der Waals surface area (Å²) in [6.45, 7) is 0. The van der Waals surface area contributed by atoms with Gasteiger partial charge in [0, 0.05) is 0 Å². The molecule has 0 amide bonds. The number of phosphoric acid groups is 1. The lowest BCUT2D eigenvalue weighted by molar-refractivity contribution is -0.141. The summed E-state index contributed by atoms with van der Waals surface area (Å²) in [5.74, 6) is -2.17. The third-order valence-electron chi connectivity index (χ3n) is 2.67. The molecule has 0 saturated heterocycles. The quantitative estimate of drug-likeness (QED) is 0.267. The molecule has 0 unspecified atom stereocenters. The molecule has 0 spiro atoms. The second kappa shape index (κ2) is 7.65. The Kier molecular flexibility index (Phi) is 6.71. The van der Waals surface area contributed by atoms with E-state index in [2.05, 4.69) is 4.52 Å². The fourth-order valence-electron chi connectivity index (χ4n) is 1.83. The largest absolute Gasteiger partial charge is 0.524 e. The van der Waals surface area contributed by atoms with Crippen LogP contribution in [0.2, 0.25) is 0 Å². The normalized spacial score (nSPS) is 14.4. The van der Waals surface area contributed by atoms with Gasteiger partial charge in [-0.05, 0) is 24.1 Å². The van der Waals surface area contributed by atoms with E-state index in [1.807, 2.05) is 0 Å². The average Bonchev–Trinajstić information content (AvgIpc) is 2.35. The Morgan fingerprint density at radius 3 is 1.72 bits per heavy atom. The molecule has 0 radical (unpaired) electrons. The second-order valence-corrected chi connectivity index (χ2v) is 9.03. The molecule has 7 N–H and O–H groups in total. The van der Waals surface area contributed by atoms with Crippen molar-refractivity contribution in [2.45, 2.75) is 12.5 Å². The van der Waals surface area contributed by atoms with Crippen LogP contribution in [-0.4, -0.2) is 50.9 Å². The average molecular weight is 421 g/mol. The molecule has 1 aromatic carbocycles. The minimum absolute atomic E-state index is 0.0531. The van der Waals surface area contributed by atoms with Crippen molar-refractivity contribution in [2.75, 3.05) is 0 Å². The highest BCUT2D eigenvalue weighted by Gasteiger charge is 2.48. The molecule has 0 aromatic heterocycles. The maximum atomic E-state index is 11.3. The lowest BCUT2D eigenvalue weighted by Gasteiger charge is -2.28. The van der Waals surface area contributed by atoms with E-state index in [9.17, 15) is 18.5 Å². The molecule has 0 aliphatic heterocycles. The summed E-state index contributed by atoms with van der Waals surface area (Å²) in [5, 5.41) is 9.08. The van der Waals surface area contributed by atoms with Crippen LogP contribution in [0.5, 0.6) is 5.75 Å². The lowest BCUT2D eigenvalue weighted by Crippen LogP contribution is -2.38. The van der Waals surface area contributed by atoms with Crippen LogP contribution >= 0.6 is 23.3 Å². The third kappa shape index (κ3) is 6.96. The Morgan fingerprint density at radius 2 is 1.40 bits per heavy atom. The molecule has 0 bridgehead atoms. The predicted octanol–water partition coefficient (Wildman–Crippen LogP) is -0.359. The van der Waals surface area contributed by atoms with Crippen molar-refractivity contribution in [3.8, 4) is 5.75 Å². The molecule has 0 aliphatic carbocycles. The molecule has 1 rings (SSSR count). The number of aliphatic carboxylic acids is 1. The summed E-state index contributed by atoms with van der Waals surface area (Å²) in [6, 6.07) is 2.02. The number of benzene rings is 1. The van der Waals surface area contributed by atoms with Gasteiger partial charge in [0.1, 0.15) is 11.8 Å². The number of carboxylic acid groups (broad SMARTS) is 1. The first-order valence-corrected chi connectivity index (χ1v) is 10.8. The minimum Gasteiger partial charge on any atom is -0.480 e. The van der Waals surface area contributed by atoms with E-state index in [-0.39, 0.29) is 11.3 Å². The fourth-order valence-corrected chi connectivity index (χ4v) is 4.53. The molecule has 13 nitrogen and oxygen atoms in total. The summed E-state index contributed by atoms with van der Waals surface area (Å²) in [4.78, 5) is 64.7. The first kappa shape index (κ1) is 21.9. The van der Waals surface area contributed by atoms with Gasteiger partial charge in [0.15, 0.2) is 0 Å². The van der Waals surface area contributed by atoms with Crippen molar-refractivity contribution in [2.24, 2.45) is 0 Å². The van der Waals surface area contributed by atoms with Gasteiger partial charge in [-0.1, -0.05) is 16.6 Å². The third-order valence-corrected chi connectivity index (χ3v) is 6.15. The first-order valence-electron chi connectivity index (χ1n) is 6.09. The van der Waals surface area contributed by atoms with Crippen LogP contribution in [0.1, 0.15) is 5.56 Å². The fraction of sp³-hybridized carbons (Fsp3) is 0.222. The standard InChI is InChI=1S/C9H14NO12P3/c11-9(12)8(10(23(13,14)15)24(16,17)18)5-6-1-3-7(4-2-6)22-25(19,20)21/h1-4,8H,5H2,(H,11,12)(H2,13,14,15)(H2,16,17,18)(H2,19,20,21)/t8-/m0/s1. The van der Waals surface area contributed by atoms with Gasteiger partial charge in [0.05, 0.1) is 0 Å². The minimum atomic E-state index is -5.62. The first-order chi connectivity index (χ1) is 11.1. The summed E-state index contributed by atoms with van der Waals surface area (Å²) in [7, 11) is -16.1. The highest BCUT2D eigenvalue weighted by atomic mass is 31.3. The van der Waals surface area contributed by atoms with Gasteiger partial charge in [-0.3, -0.25) is 14.6 Å². The molecule has 0 fully saturated rings. The summed E-state index contributed by atoms with van der Waals surface area (Å²) in [6.07, 6.45) is -0.720. The van der Waals surface area contributed by atoms with Gasteiger partial charge < -0.3 is 29.2 Å². The molecular formula is C9H14NO12P3. The number of carboxylic acids is 1. The zero-order valence-corrected chi connectivity index (χ0v) is 14.7. The van der Waals surface area contributed by atoms with Crippen LogP contribution in [0, 0.1) is 0 Å². The molecule has 1 atom stereocenters. The van der Waals surface area contributed by atoms with Crippen LogP contribution in [0.4, 0.5) is 0 Å². The Bertz CT molecular complexity index is 739. The van der Waals surface area contributed by atoms with E-state index in [1.54, 1.807) is 0 Å². The smallest absolute Gasteiger partial charge is 0.480 e. The van der Waals surface area contributed by atoms with Crippen LogP contribution in [0.25, 0.3) is 0 Å². The summed E-state index contributed by atoms with van der Waals surface area (Å²) in [5.41, 5.74) is 0.0531. The van der Waals surface area contributed by atoms with E-state index in [1.165, 1.54) is 0 Å². The van der Waals surface area contributed by atoms with Crippen molar-refractivity contribution in [3.63, 3.8) is 0 Å². The highest BCUT2D eigenvalue weighted by molar-refractivity contribution is 7.65. The molecule has 0 saturated carbocycles. The maximum absolute atomic E-state index is 11.3. The molecule has 0 heterocycles. The van der Waals surface area contributed by atoms with Gasteiger partial charge in [-0.25, -0.2) is 13.7 Å². The number of hydrogen-bond acceptors (Lipinski definition) is 5. The van der Waals surface area contributed by atoms with Crippen molar-refractivity contribution in [3.05, 3.63) is 29.8 Å². The molecule has 142 valence electrons. The molecular weight excluding hydrogens is 407 g/mol. The summed E-state index contributed by atoms with van der Waals surface area (Å²) >= 11 is 0. The van der Waals surface area contributed by atoms with E-state index in [0.717, 1.165) is 24.3 Å². The lowest BCUT2D eigenvalue weighted by atomic mass is 10.1. The van der Waals surface area contributed by atoms with Crippen LogP contribution < -0.4 is 4.52 Å². The SMILES string of the molecule is O=C(O)[C@H](Cc1ccc(OP(=O)(O)O)cc1)N(P(=O)(O)O)P(=O)(O)O. The van der Waals surface area contributed by atoms with E-state index >= 15 is 0 Å². The Morgan fingerprint density at radius 1 is 0.960 bits per heavy atom. The molecule has 0 aliphatic rings. The van der Waals surface area contributed by atoms with Crippen molar-refractivity contribution in [1.29, 1.82) is 0 Å². The highest BCUT2D eigenvalue weighted by Crippen LogP contribution is 2.59. The number of nitrogens with zero attached hydrogens (tertiary/aromatic N) is 1. The monoisotopic (exact) mass is 421 g/mol. The van der Waals surface area contributed by atoms with Gasteiger partial charge >= 0.3 is 29.3 Å². The van der Waals surface area contributed by atoms with Gasteiger partial charge in [-0.2, -0.15) is 0 Å². The van der Waals surface area contributed by atoms with Crippen LogP contribution in [0.15, 0.2) is 24.3 Å². The van der Waals surface area contributed by atoms with Gasteiger partial charge in [0.25, 0.3) is 0 Å². The Labute approximate surface area is 140 Å². The van der Waals surface area contributed by atoms with Crippen LogP contribution in [-0.2, 0) is 24.9 Å². The molecule has 1 aromatic rings. The van der Waals surface area contributed by atoms with Crippen molar-refractivity contribution >= 4 is 29.3 Å². The second-order valence-electron chi connectivity index (χ2n) is 4.63. The van der Waals surface area contributed by atoms with E-state index in [0.29, 0.717) is 0 Å². The topological polar surface area (TPSA) is 222 Å². The molecule has 16 heteroatoms. The molecule has 25 heavy (non-hydrogen) atoms. The van der Waals surface area contributed by atoms with Gasteiger partial charge in [0.2, 0.25) is 0 Å². The number of carbonyl (C=O) groups is 1. The number of phosphoric ester groups is 1. The Balaban J connectivity index is 3.14. The number of hydrogen-bond donors (Lipinski definition) is 7. The van der Waals surface area contributed by atoms with E-state index in [4.69, 9.17) is 34.5 Å². The number of rotatable bonds is 8. The summed E-state index contributed by atoms with van der Waals surface area (Å²) < 4.78 is 36.8. The zero-order valence-electron chi connectivity index (χ0n) is 12.1. The van der Waals surface area contributed by atoms with Crippen molar-refractivity contribution < 1.29 is 57.5 Å². The van der Waals surface area contributed by atoms with E-state index < -0.39 is 46.2 Å². The maximum Gasteiger partial charge on any atom is 0.524 e. The Hall–Kier alpha value is -1.10. The predicted molar refractivity (Wildman–Crippen MR) is 80.2 cm³/mol. The van der Waals surface area contributed by atoms with Crippen LogP contribution in [0.3, 0.4) is 0 Å². The van der Waals surface area contributed by atoms with Crippen molar-refractivity contribution in [1.82, 2.24) is 4.44 Å². The van der Waals surface area contributed by atoms with Gasteiger partial charge in [-0.15, -0.1) is 0 Å². The zero-order chi connectivity index (χ0) is 19.6.